The smallest absolute Gasteiger partial charge is 0.126 e. The topological polar surface area (TPSA) is 21.3 Å². The van der Waals surface area contributed by atoms with Crippen LogP contribution in [0.5, 0.6) is 5.75 Å². The first-order valence-electron chi connectivity index (χ1n) is 5.80. The number of rotatable bonds is 5. The Bertz CT molecular complexity index is 363. The van der Waals surface area contributed by atoms with E-state index >= 15 is 0 Å². The van der Waals surface area contributed by atoms with Crippen LogP contribution in [0, 0.1) is 11.7 Å². The van der Waals surface area contributed by atoms with Crippen molar-refractivity contribution in [3.63, 3.8) is 0 Å². The van der Waals surface area contributed by atoms with E-state index in [0.29, 0.717) is 18.3 Å². The van der Waals surface area contributed by atoms with Gasteiger partial charge in [0.05, 0.1) is 6.61 Å². The van der Waals surface area contributed by atoms with Gasteiger partial charge in [0.15, 0.2) is 0 Å². The first-order valence-corrected chi connectivity index (χ1v) is 5.80. The van der Waals surface area contributed by atoms with E-state index in [2.05, 4.69) is 5.32 Å². The van der Waals surface area contributed by atoms with Crippen molar-refractivity contribution >= 4 is 0 Å². The van der Waals surface area contributed by atoms with Crippen LogP contribution >= 0.6 is 0 Å². The molecule has 1 N–H and O–H groups in total. The Balaban J connectivity index is 2.13. The minimum absolute atomic E-state index is 0.176. The van der Waals surface area contributed by atoms with Crippen LogP contribution in [0.4, 0.5) is 4.39 Å². The Hall–Kier alpha value is -1.09. The molecule has 1 aromatic carbocycles. The van der Waals surface area contributed by atoms with Gasteiger partial charge in [0.2, 0.25) is 0 Å². The second-order valence-electron chi connectivity index (χ2n) is 4.45. The standard InChI is InChI=1S/C13H18FNO/c1-9(15-2)12-6-5-11(14)7-13(12)16-8-10-3-4-10/h5-7,9-10,15H,3-4,8H2,1-2H3. The molecule has 88 valence electrons. The second-order valence-corrected chi connectivity index (χ2v) is 4.45. The van der Waals surface area contributed by atoms with Crippen LogP contribution in [-0.4, -0.2) is 13.7 Å². The predicted octanol–water partition coefficient (Wildman–Crippen LogP) is 2.89. The summed E-state index contributed by atoms with van der Waals surface area (Å²) in [6.45, 7) is 2.75. The van der Waals surface area contributed by atoms with E-state index in [1.807, 2.05) is 14.0 Å². The third-order valence-corrected chi connectivity index (χ3v) is 3.05. The maximum Gasteiger partial charge on any atom is 0.126 e. The van der Waals surface area contributed by atoms with Gasteiger partial charge in [0.1, 0.15) is 11.6 Å². The monoisotopic (exact) mass is 223 g/mol. The number of benzene rings is 1. The van der Waals surface area contributed by atoms with E-state index in [1.54, 1.807) is 6.07 Å². The quantitative estimate of drug-likeness (QED) is 0.828. The highest BCUT2D eigenvalue weighted by molar-refractivity contribution is 5.36. The molecule has 0 bridgehead atoms. The van der Waals surface area contributed by atoms with Gasteiger partial charge < -0.3 is 10.1 Å². The molecular weight excluding hydrogens is 205 g/mol. The van der Waals surface area contributed by atoms with Crippen molar-refractivity contribution < 1.29 is 9.13 Å². The van der Waals surface area contributed by atoms with Crippen molar-refractivity contribution in [3.8, 4) is 5.75 Å². The zero-order chi connectivity index (χ0) is 11.5. The maximum absolute atomic E-state index is 13.2. The van der Waals surface area contributed by atoms with Gasteiger partial charge in [-0.2, -0.15) is 0 Å². The van der Waals surface area contributed by atoms with Crippen LogP contribution in [0.15, 0.2) is 18.2 Å². The maximum atomic E-state index is 13.2. The molecule has 1 aliphatic rings. The van der Waals surface area contributed by atoms with Gasteiger partial charge in [0.25, 0.3) is 0 Å². The minimum atomic E-state index is -0.238. The van der Waals surface area contributed by atoms with Crippen LogP contribution in [0.1, 0.15) is 31.4 Å². The molecule has 0 heterocycles. The fraction of sp³-hybridized carbons (Fsp3) is 0.538. The molecule has 2 rings (SSSR count). The molecule has 0 aromatic heterocycles. The van der Waals surface area contributed by atoms with E-state index in [4.69, 9.17) is 4.74 Å². The molecule has 1 aliphatic carbocycles. The van der Waals surface area contributed by atoms with Gasteiger partial charge in [-0.3, -0.25) is 0 Å². The minimum Gasteiger partial charge on any atom is -0.493 e. The van der Waals surface area contributed by atoms with E-state index in [-0.39, 0.29) is 11.9 Å². The molecule has 3 heteroatoms. The first kappa shape index (κ1) is 11.4. The van der Waals surface area contributed by atoms with Crippen molar-refractivity contribution in [2.24, 2.45) is 5.92 Å². The van der Waals surface area contributed by atoms with Gasteiger partial charge in [0, 0.05) is 17.7 Å². The predicted molar refractivity (Wildman–Crippen MR) is 62.1 cm³/mol. The summed E-state index contributed by atoms with van der Waals surface area (Å²) < 4.78 is 18.8. The number of hydrogen-bond donors (Lipinski definition) is 1. The third kappa shape index (κ3) is 2.73. The van der Waals surface area contributed by atoms with E-state index in [1.165, 1.54) is 25.0 Å². The summed E-state index contributed by atoms with van der Waals surface area (Å²) in [7, 11) is 1.89. The summed E-state index contributed by atoms with van der Waals surface area (Å²) >= 11 is 0. The summed E-state index contributed by atoms with van der Waals surface area (Å²) in [6, 6.07) is 4.92. The first-order chi connectivity index (χ1) is 7.70. The van der Waals surface area contributed by atoms with Gasteiger partial charge in [-0.15, -0.1) is 0 Å². The van der Waals surface area contributed by atoms with Crippen LogP contribution in [-0.2, 0) is 0 Å². The Kier molecular flexibility index (Phi) is 3.44. The molecule has 1 atom stereocenters. The van der Waals surface area contributed by atoms with E-state index in [0.717, 1.165) is 5.56 Å². The van der Waals surface area contributed by atoms with Gasteiger partial charge in [-0.05, 0) is 38.8 Å². The largest absolute Gasteiger partial charge is 0.493 e. The Morgan fingerprint density at radius 3 is 2.88 bits per heavy atom. The van der Waals surface area contributed by atoms with Crippen molar-refractivity contribution in [1.82, 2.24) is 5.32 Å². The number of ether oxygens (including phenoxy) is 1. The number of hydrogen-bond acceptors (Lipinski definition) is 2. The van der Waals surface area contributed by atoms with E-state index in [9.17, 15) is 4.39 Å². The molecule has 0 saturated heterocycles. The van der Waals surface area contributed by atoms with Crippen LogP contribution in [0.25, 0.3) is 0 Å². The summed E-state index contributed by atoms with van der Waals surface area (Å²) in [6.07, 6.45) is 2.48. The van der Waals surface area contributed by atoms with Crippen molar-refractivity contribution in [2.45, 2.75) is 25.8 Å². The number of halogens is 1. The molecule has 1 saturated carbocycles. The fourth-order valence-corrected chi connectivity index (χ4v) is 1.64. The lowest BCUT2D eigenvalue weighted by Gasteiger charge is -2.16. The van der Waals surface area contributed by atoms with Gasteiger partial charge in [-0.25, -0.2) is 4.39 Å². The van der Waals surface area contributed by atoms with Gasteiger partial charge in [-0.1, -0.05) is 6.07 Å². The highest BCUT2D eigenvalue weighted by Gasteiger charge is 2.22. The Morgan fingerprint density at radius 2 is 2.25 bits per heavy atom. The molecule has 1 aromatic rings. The fourth-order valence-electron chi connectivity index (χ4n) is 1.64. The zero-order valence-corrected chi connectivity index (χ0v) is 9.79. The lowest BCUT2D eigenvalue weighted by atomic mass is 10.1. The normalized spacial score (nSPS) is 17.2. The van der Waals surface area contributed by atoms with Crippen LogP contribution < -0.4 is 10.1 Å². The van der Waals surface area contributed by atoms with Crippen LogP contribution in [0.3, 0.4) is 0 Å². The van der Waals surface area contributed by atoms with Gasteiger partial charge >= 0.3 is 0 Å². The number of nitrogens with one attached hydrogen (secondary N) is 1. The molecule has 1 fully saturated rings. The molecule has 0 spiro atoms. The highest BCUT2D eigenvalue weighted by atomic mass is 19.1. The summed E-state index contributed by atoms with van der Waals surface area (Å²) in [5.41, 5.74) is 1.02. The molecule has 2 nitrogen and oxygen atoms in total. The molecule has 0 amide bonds. The average molecular weight is 223 g/mol. The van der Waals surface area contributed by atoms with Crippen LogP contribution in [0.2, 0.25) is 0 Å². The Morgan fingerprint density at radius 1 is 1.50 bits per heavy atom. The average Bonchev–Trinajstić information content (AvgIpc) is 3.09. The second kappa shape index (κ2) is 4.83. The summed E-state index contributed by atoms with van der Waals surface area (Å²) in [5.74, 6) is 1.12. The van der Waals surface area contributed by atoms with Crippen molar-refractivity contribution in [3.05, 3.63) is 29.6 Å². The molecule has 1 unspecified atom stereocenters. The molecular formula is C13H18FNO. The van der Waals surface area contributed by atoms with E-state index < -0.39 is 0 Å². The molecule has 0 aliphatic heterocycles. The van der Waals surface area contributed by atoms with Crippen molar-refractivity contribution in [2.75, 3.05) is 13.7 Å². The Labute approximate surface area is 95.8 Å². The lowest BCUT2D eigenvalue weighted by molar-refractivity contribution is 0.293. The zero-order valence-electron chi connectivity index (χ0n) is 9.79. The summed E-state index contributed by atoms with van der Waals surface area (Å²) in [4.78, 5) is 0. The lowest BCUT2D eigenvalue weighted by Crippen LogP contribution is -2.14. The van der Waals surface area contributed by atoms with Crippen molar-refractivity contribution in [1.29, 1.82) is 0 Å². The molecule has 0 radical (unpaired) electrons. The third-order valence-electron chi connectivity index (χ3n) is 3.05. The molecule has 16 heavy (non-hydrogen) atoms. The summed E-state index contributed by atoms with van der Waals surface area (Å²) in [5, 5.41) is 3.14. The highest BCUT2D eigenvalue weighted by Crippen LogP contribution is 2.32. The SMILES string of the molecule is CNC(C)c1ccc(F)cc1OCC1CC1.